The van der Waals surface area contributed by atoms with Crippen LogP contribution in [0.25, 0.3) is 10.8 Å². The summed E-state index contributed by atoms with van der Waals surface area (Å²) in [6.45, 7) is 2.70. The van der Waals surface area contributed by atoms with Crippen molar-refractivity contribution in [2.75, 3.05) is 19.5 Å². The molecule has 6 rings (SSSR count). The Morgan fingerprint density at radius 2 is 1.54 bits per heavy atom. The number of carbonyl (C=O) groups excluding carboxylic acids is 2. The SMILES string of the molecule is COc1ccc(CN(C(C)=O)C2CCC(c3cc(NC(=O)Cc4cccc5ccccc45)n(Cc4ccc(OC)cc4)n3)C2)cc1. The number of hydrogen-bond donors (Lipinski definition) is 1. The Labute approximate surface area is 269 Å². The number of hydrogen-bond acceptors (Lipinski definition) is 5. The van der Waals surface area contributed by atoms with Crippen LogP contribution in [0.5, 0.6) is 11.5 Å². The minimum atomic E-state index is -0.0923. The molecule has 5 aromatic rings. The van der Waals surface area contributed by atoms with Crippen molar-refractivity contribution in [2.45, 2.75) is 57.7 Å². The number of carbonyl (C=O) groups is 2. The van der Waals surface area contributed by atoms with Crippen LogP contribution in [-0.2, 0) is 29.1 Å². The smallest absolute Gasteiger partial charge is 0.229 e. The molecule has 236 valence electrons. The summed E-state index contributed by atoms with van der Waals surface area (Å²) in [5, 5.41) is 10.4. The molecule has 1 aliphatic rings. The van der Waals surface area contributed by atoms with E-state index in [-0.39, 0.29) is 30.2 Å². The second-order valence-electron chi connectivity index (χ2n) is 12.0. The predicted octanol–water partition coefficient (Wildman–Crippen LogP) is 6.97. The van der Waals surface area contributed by atoms with E-state index in [0.29, 0.717) is 18.9 Å². The zero-order valence-electron chi connectivity index (χ0n) is 26.6. The fraction of sp³-hybridized carbons (Fsp3) is 0.289. The first-order chi connectivity index (χ1) is 22.4. The predicted molar refractivity (Wildman–Crippen MR) is 180 cm³/mol. The van der Waals surface area contributed by atoms with E-state index in [2.05, 4.69) is 23.5 Å². The number of amides is 2. The number of fused-ring (bicyclic) bond motifs is 1. The monoisotopic (exact) mass is 616 g/mol. The van der Waals surface area contributed by atoms with Crippen LogP contribution in [-0.4, -0.2) is 46.8 Å². The van der Waals surface area contributed by atoms with Crippen LogP contribution in [0, 0.1) is 0 Å². The molecule has 1 saturated carbocycles. The third kappa shape index (κ3) is 7.07. The van der Waals surface area contributed by atoms with Gasteiger partial charge in [0.25, 0.3) is 0 Å². The fourth-order valence-corrected chi connectivity index (χ4v) is 6.50. The number of benzene rings is 4. The van der Waals surface area contributed by atoms with Gasteiger partial charge in [0.05, 0.1) is 32.9 Å². The maximum absolute atomic E-state index is 13.5. The number of ether oxygens (including phenoxy) is 2. The quantitative estimate of drug-likeness (QED) is 0.173. The lowest BCUT2D eigenvalue weighted by molar-refractivity contribution is -0.131. The lowest BCUT2D eigenvalue weighted by Gasteiger charge is -2.28. The maximum Gasteiger partial charge on any atom is 0.229 e. The van der Waals surface area contributed by atoms with Gasteiger partial charge in [0.15, 0.2) is 0 Å². The molecule has 4 aromatic carbocycles. The Kier molecular flexibility index (Phi) is 9.33. The second-order valence-corrected chi connectivity index (χ2v) is 12.0. The van der Waals surface area contributed by atoms with E-state index in [1.165, 1.54) is 0 Å². The molecule has 46 heavy (non-hydrogen) atoms. The van der Waals surface area contributed by atoms with Crippen LogP contribution in [0.1, 0.15) is 54.5 Å². The van der Waals surface area contributed by atoms with Crippen molar-refractivity contribution < 1.29 is 19.1 Å². The molecule has 1 heterocycles. The van der Waals surface area contributed by atoms with Gasteiger partial charge >= 0.3 is 0 Å². The van der Waals surface area contributed by atoms with E-state index in [1.54, 1.807) is 21.1 Å². The van der Waals surface area contributed by atoms with Crippen molar-refractivity contribution in [1.29, 1.82) is 0 Å². The minimum Gasteiger partial charge on any atom is -0.497 e. The van der Waals surface area contributed by atoms with Gasteiger partial charge in [0.2, 0.25) is 11.8 Å². The molecule has 1 fully saturated rings. The summed E-state index contributed by atoms with van der Waals surface area (Å²) in [7, 11) is 3.30. The average molecular weight is 617 g/mol. The highest BCUT2D eigenvalue weighted by molar-refractivity contribution is 5.95. The van der Waals surface area contributed by atoms with E-state index in [0.717, 1.165) is 63.9 Å². The Morgan fingerprint density at radius 3 is 2.24 bits per heavy atom. The van der Waals surface area contributed by atoms with Gasteiger partial charge in [-0.3, -0.25) is 9.59 Å². The zero-order chi connectivity index (χ0) is 32.0. The van der Waals surface area contributed by atoms with Gasteiger partial charge in [-0.25, -0.2) is 4.68 Å². The Morgan fingerprint density at radius 1 is 0.870 bits per heavy atom. The van der Waals surface area contributed by atoms with E-state index >= 15 is 0 Å². The third-order valence-electron chi connectivity index (χ3n) is 8.97. The normalized spacial score (nSPS) is 15.9. The fourth-order valence-electron chi connectivity index (χ4n) is 6.50. The summed E-state index contributed by atoms with van der Waals surface area (Å²) in [4.78, 5) is 28.2. The Balaban J connectivity index is 1.21. The van der Waals surface area contributed by atoms with Crippen molar-refractivity contribution >= 4 is 28.4 Å². The van der Waals surface area contributed by atoms with Gasteiger partial charge in [-0.2, -0.15) is 5.10 Å². The number of rotatable bonds is 11. The minimum absolute atomic E-state index is 0.0629. The molecule has 2 atom stereocenters. The highest BCUT2D eigenvalue weighted by Gasteiger charge is 2.33. The van der Waals surface area contributed by atoms with E-state index in [9.17, 15) is 9.59 Å². The molecule has 8 nitrogen and oxygen atoms in total. The number of aromatic nitrogens is 2. The lowest BCUT2D eigenvalue weighted by atomic mass is 10.0. The summed E-state index contributed by atoms with van der Waals surface area (Å²) in [5.41, 5.74) is 4.03. The summed E-state index contributed by atoms with van der Waals surface area (Å²) < 4.78 is 12.5. The van der Waals surface area contributed by atoms with Crippen LogP contribution < -0.4 is 14.8 Å². The molecular weight excluding hydrogens is 576 g/mol. The first kappa shape index (κ1) is 30.9. The van der Waals surface area contributed by atoms with Gasteiger partial charge in [0, 0.05) is 31.5 Å². The average Bonchev–Trinajstić information content (AvgIpc) is 3.72. The summed E-state index contributed by atoms with van der Waals surface area (Å²) in [6.07, 6.45) is 2.89. The first-order valence-corrected chi connectivity index (χ1v) is 15.8. The number of anilines is 1. The van der Waals surface area contributed by atoms with Gasteiger partial charge in [-0.15, -0.1) is 0 Å². The molecule has 1 aromatic heterocycles. The summed E-state index contributed by atoms with van der Waals surface area (Å²) in [6, 6.07) is 32.1. The molecule has 0 saturated heterocycles. The standard InChI is InChI=1S/C38H40N4O4/c1-26(43)41(24-27-11-17-33(45-2)18-12-27)32-16-15-31(21-32)36-23-37(42(40-36)25-28-13-19-34(46-3)20-14-28)39-38(44)22-30-9-6-8-29-7-4-5-10-35(29)30/h4-14,17-20,23,31-32H,15-16,21-22,24-25H2,1-3H3,(H,39,44). The molecule has 2 unspecified atom stereocenters. The summed E-state index contributed by atoms with van der Waals surface area (Å²) >= 11 is 0. The van der Waals surface area contributed by atoms with E-state index in [1.807, 2.05) is 88.4 Å². The van der Waals surface area contributed by atoms with Crippen molar-refractivity contribution in [2.24, 2.45) is 0 Å². The Bertz CT molecular complexity index is 1810. The molecular formula is C38H40N4O4. The third-order valence-corrected chi connectivity index (χ3v) is 8.97. The largest absolute Gasteiger partial charge is 0.497 e. The lowest BCUT2D eigenvalue weighted by Crippen LogP contribution is -2.36. The second kappa shape index (κ2) is 13.9. The van der Waals surface area contributed by atoms with Crippen molar-refractivity contribution in [1.82, 2.24) is 14.7 Å². The van der Waals surface area contributed by atoms with E-state index < -0.39 is 0 Å². The highest BCUT2D eigenvalue weighted by atomic mass is 16.5. The summed E-state index contributed by atoms with van der Waals surface area (Å²) in [5.74, 6) is 2.40. The van der Waals surface area contributed by atoms with Crippen molar-refractivity contribution in [3.8, 4) is 11.5 Å². The van der Waals surface area contributed by atoms with Crippen LogP contribution in [0.3, 0.4) is 0 Å². The molecule has 8 heteroatoms. The van der Waals surface area contributed by atoms with Gasteiger partial charge in [0.1, 0.15) is 17.3 Å². The van der Waals surface area contributed by atoms with Crippen LogP contribution in [0.4, 0.5) is 5.82 Å². The van der Waals surface area contributed by atoms with Crippen molar-refractivity contribution in [3.05, 3.63) is 119 Å². The van der Waals surface area contributed by atoms with Gasteiger partial charge in [-0.1, -0.05) is 66.7 Å². The van der Waals surface area contributed by atoms with Gasteiger partial charge < -0.3 is 19.7 Å². The maximum atomic E-state index is 13.5. The number of methoxy groups -OCH3 is 2. The molecule has 0 radical (unpaired) electrons. The molecule has 1 N–H and O–H groups in total. The number of nitrogens with one attached hydrogen (secondary N) is 1. The molecule has 2 amide bonds. The Hall–Kier alpha value is -5.11. The molecule has 0 bridgehead atoms. The van der Waals surface area contributed by atoms with E-state index in [4.69, 9.17) is 14.6 Å². The molecule has 1 aliphatic carbocycles. The van der Waals surface area contributed by atoms with Crippen LogP contribution in [0.15, 0.2) is 97.1 Å². The zero-order valence-corrected chi connectivity index (χ0v) is 26.6. The topological polar surface area (TPSA) is 85.7 Å². The highest BCUT2D eigenvalue weighted by Crippen LogP contribution is 2.38. The van der Waals surface area contributed by atoms with Crippen molar-refractivity contribution in [3.63, 3.8) is 0 Å². The van der Waals surface area contributed by atoms with Gasteiger partial charge in [-0.05, 0) is 71.0 Å². The number of nitrogens with zero attached hydrogens (tertiary/aromatic N) is 3. The molecule has 0 spiro atoms. The van der Waals surface area contributed by atoms with Crippen LogP contribution in [0.2, 0.25) is 0 Å². The molecule has 0 aliphatic heterocycles. The first-order valence-electron chi connectivity index (χ1n) is 15.8. The van der Waals surface area contributed by atoms with Crippen LogP contribution >= 0.6 is 0 Å².